The van der Waals surface area contributed by atoms with E-state index in [1.54, 1.807) is 0 Å². The molecule has 7 heteroatoms. The Balaban J connectivity index is 3.14. The van der Waals surface area contributed by atoms with Crippen molar-refractivity contribution in [2.45, 2.75) is 19.2 Å². The first kappa shape index (κ1) is 11.9. The number of aromatic hydroxyl groups is 1. The Bertz CT molecular complexity index is 368. The number of ether oxygens (including phenoxy) is 1. The van der Waals surface area contributed by atoms with Gasteiger partial charge in [0.2, 0.25) is 0 Å². The van der Waals surface area contributed by atoms with Crippen molar-refractivity contribution in [1.29, 1.82) is 0 Å². The summed E-state index contributed by atoms with van der Waals surface area (Å²) >= 11 is 5.40. The highest BCUT2D eigenvalue weighted by Crippen LogP contribution is 2.33. The van der Waals surface area contributed by atoms with E-state index in [0.29, 0.717) is 0 Å². The van der Waals surface area contributed by atoms with Crippen LogP contribution in [0.15, 0.2) is 6.20 Å². The molecule has 0 aromatic carbocycles. The van der Waals surface area contributed by atoms with Crippen LogP contribution in [0.2, 0.25) is 0 Å². The van der Waals surface area contributed by atoms with Gasteiger partial charge in [-0.1, -0.05) is 0 Å². The minimum Gasteiger partial charge on any atom is -0.506 e. The predicted molar refractivity (Wildman–Crippen MR) is 46.9 cm³/mol. The van der Waals surface area contributed by atoms with Gasteiger partial charge < -0.3 is 9.84 Å². The first-order valence-electron chi connectivity index (χ1n) is 3.84. The molecule has 1 aromatic rings. The molecule has 0 aliphatic carbocycles. The summed E-state index contributed by atoms with van der Waals surface area (Å²) in [5, 5.41) is 9.38. The van der Waals surface area contributed by atoms with Crippen LogP contribution in [-0.4, -0.2) is 16.5 Å². The average molecular weight is 242 g/mol. The molecule has 0 saturated heterocycles. The predicted octanol–water partition coefficient (Wildman–Crippen LogP) is 2.73. The monoisotopic (exact) mass is 241 g/mol. The Morgan fingerprint density at radius 1 is 1.53 bits per heavy atom. The number of pyridine rings is 1. The smallest absolute Gasteiger partial charge is 0.506 e. The zero-order valence-electron chi connectivity index (χ0n) is 7.60. The molecule has 0 bridgehead atoms. The van der Waals surface area contributed by atoms with Gasteiger partial charge in [0.25, 0.3) is 0 Å². The standard InChI is InChI=1S/C8H7ClF3NO2/c1-4-7(14)5(2-9)6(3-13-4)15-8(10,11)12/h3,14H,2H2,1H3. The number of nitrogens with zero attached hydrogens (tertiary/aromatic N) is 1. The lowest BCUT2D eigenvalue weighted by atomic mass is 10.2. The molecule has 1 N–H and O–H groups in total. The van der Waals surface area contributed by atoms with Crippen molar-refractivity contribution in [2.24, 2.45) is 0 Å². The zero-order chi connectivity index (χ0) is 11.6. The van der Waals surface area contributed by atoms with Gasteiger partial charge >= 0.3 is 6.36 Å². The molecule has 0 atom stereocenters. The Hall–Kier alpha value is -1.17. The maximum absolute atomic E-state index is 11.9. The topological polar surface area (TPSA) is 42.4 Å². The Morgan fingerprint density at radius 2 is 2.13 bits per heavy atom. The first-order chi connectivity index (χ1) is 6.85. The second-order valence-corrected chi connectivity index (χ2v) is 2.98. The molecule has 1 rings (SSSR count). The van der Waals surface area contributed by atoms with Crippen molar-refractivity contribution < 1.29 is 23.0 Å². The Kier molecular flexibility index (Phi) is 3.28. The van der Waals surface area contributed by atoms with Gasteiger partial charge in [0.1, 0.15) is 5.75 Å². The van der Waals surface area contributed by atoms with Gasteiger partial charge in [0.05, 0.1) is 23.3 Å². The maximum atomic E-state index is 11.9. The molecule has 3 nitrogen and oxygen atoms in total. The molecule has 84 valence electrons. The third kappa shape index (κ3) is 2.89. The van der Waals surface area contributed by atoms with Gasteiger partial charge in [-0.15, -0.1) is 24.8 Å². The summed E-state index contributed by atoms with van der Waals surface area (Å²) in [6.07, 6.45) is -3.95. The van der Waals surface area contributed by atoms with Crippen molar-refractivity contribution in [3.05, 3.63) is 17.5 Å². The zero-order valence-corrected chi connectivity index (χ0v) is 8.35. The molecule has 0 radical (unpaired) electrons. The summed E-state index contributed by atoms with van der Waals surface area (Å²) in [6.45, 7) is 1.45. The fraction of sp³-hybridized carbons (Fsp3) is 0.375. The lowest BCUT2D eigenvalue weighted by Crippen LogP contribution is -2.18. The van der Waals surface area contributed by atoms with E-state index in [2.05, 4.69) is 9.72 Å². The number of hydrogen-bond acceptors (Lipinski definition) is 3. The van der Waals surface area contributed by atoms with Crippen LogP contribution in [-0.2, 0) is 5.88 Å². The average Bonchev–Trinajstić information content (AvgIpc) is 2.10. The molecule has 0 aliphatic rings. The van der Waals surface area contributed by atoms with Crippen molar-refractivity contribution >= 4 is 11.6 Å². The highest BCUT2D eigenvalue weighted by atomic mass is 35.5. The minimum absolute atomic E-state index is 0.124. The van der Waals surface area contributed by atoms with E-state index < -0.39 is 12.1 Å². The number of aryl methyl sites for hydroxylation is 1. The molecule has 15 heavy (non-hydrogen) atoms. The van der Waals surface area contributed by atoms with E-state index in [1.807, 2.05) is 0 Å². The summed E-state index contributed by atoms with van der Waals surface area (Å²) in [5.74, 6) is -1.26. The number of halogens is 4. The Morgan fingerprint density at radius 3 is 2.60 bits per heavy atom. The fourth-order valence-electron chi connectivity index (χ4n) is 0.971. The van der Waals surface area contributed by atoms with Gasteiger partial charge in [-0.25, -0.2) is 0 Å². The summed E-state index contributed by atoms with van der Waals surface area (Å²) < 4.78 is 39.4. The van der Waals surface area contributed by atoms with E-state index in [9.17, 15) is 18.3 Å². The Labute approximate surface area is 88.5 Å². The van der Waals surface area contributed by atoms with E-state index in [1.165, 1.54) is 6.92 Å². The molecule has 0 spiro atoms. The van der Waals surface area contributed by atoms with E-state index in [-0.39, 0.29) is 22.9 Å². The molecule has 1 heterocycles. The van der Waals surface area contributed by atoms with Crippen LogP contribution in [0.5, 0.6) is 11.5 Å². The van der Waals surface area contributed by atoms with Crippen LogP contribution in [0.3, 0.4) is 0 Å². The van der Waals surface area contributed by atoms with Crippen LogP contribution < -0.4 is 4.74 Å². The minimum atomic E-state index is -4.83. The number of alkyl halides is 4. The van der Waals surface area contributed by atoms with Crippen molar-refractivity contribution in [2.75, 3.05) is 0 Å². The third-order valence-electron chi connectivity index (χ3n) is 1.66. The quantitative estimate of drug-likeness (QED) is 0.810. The third-order valence-corrected chi connectivity index (χ3v) is 1.93. The first-order valence-corrected chi connectivity index (χ1v) is 4.37. The number of hydrogen-bond donors (Lipinski definition) is 1. The largest absolute Gasteiger partial charge is 0.573 e. The molecule has 0 aliphatic heterocycles. The van der Waals surface area contributed by atoms with E-state index in [0.717, 1.165) is 6.20 Å². The fourth-order valence-corrected chi connectivity index (χ4v) is 1.23. The SMILES string of the molecule is Cc1ncc(OC(F)(F)F)c(CCl)c1O. The van der Waals surface area contributed by atoms with Crippen LogP contribution in [0.1, 0.15) is 11.3 Å². The maximum Gasteiger partial charge on any atom is 0.573 e. The van der Waals surface area contributed by atoms with Crippen LogP contribution in [0.4, 0.5) is 13.2 Å². The molecule has 1 aromatic heterocycles. The van der Waals surface area contributed by atoms with Gasteiger partial charge in [-0.3, -0.25) is 4.98 Å². The van der Waals surface area contributed by atoms with Crippen molar-refractivity contribution in [3.8, 4) is 11.5 Å². The summed E-state index contributed by atoms with van der Waals surface area (Å²) in [5.41, 5.74) is 0.0710. The molecular weight excluding hydrogens is 235 g/mol. The van der Waals surface area contributed by atoms with Crippen molar-refractivity contribution in [1.82, 2.24) is 4.98 Å². The second-order valence-electron chi connectivity index (χ2n) is 2.72. The lowest BCUT2D eigenvalue weighted by Gasteiger charge is -2.13. The van der Waals surface area contributed by atoms with Crippen LogP contribution >= 0.6 is 11.6 Å². The number of rotatable bonds is 2. The summed E-state index contributed by atoms with van der Waals surface area (Å²) in [7, 11) is 0. The van der Waals surface area contributed by atoms with E-state index in [4.69, 9.17) is 11.6 Å². The van der Waals surface area contributed by atoms with Crippen molar-refractivity contribution in [3.63, 3.8) is 0 Å². The molecule has 0 amide bonds. The van der Waals surface area contributed by atoms with E-state index >= 15 is 0 Å². The lowest BCUT2D eigenvalue weighted by molar-refractivity contribution is -0.275. The normalized spacial score (nSPS) is 11.5. The molecule has 0 fully saturated rings. The van der Waals surface area contributed by atoms with Gasteiger partial charge in [-0.05, 0) is 6.92 Å². The van der Waals surface area contributed by atoms with Gasteiger partial charge in [0, 0.05) is 0 Å². The van der Waals surface area contributed by atoms with Crippen LogP contribution in [0, 0.1) is 6.92 Å². The van der Waals surface area contributed by atoms with Crippen LogP contribution in [0.25, 0.3) is 0 Å². The van der Waals surface area contributed by atoms with Gasteiger partial charge in [0.15, 0.2) is 5.75 Å². The highest BCUT2D eigenvalue weighted by molar-refractivity contribution is 6.17. The highest BCUT2D eigenvalue weighted by Gasteiger charge is 2.32. The second kappa shape index (κ2) is 4.14. The molecule has 0 unspecified atom stereocenters. The number of aromatic nitrogens is 1. The summed E-state index contributed by atoms with van der Waals surface area (Å²) in [6, 6.07) is 0. The molecule has 0 saturated carbocycles. The summed E-state index contributed by atoms with van der Waals surface area (Å²) in [4.78, 5) is 3.54. The molecular formula is C8H7ClF3NO2. The van der Waals surface area contributed by atoms with Gasteiger partial charge in [-0.2, -0.15) is 0 Å².